The minimum absolute atomic E-state index is 0.151. The molecule has 188 valence electrons. The number of ether oxygens (including phenoxy) is 2. The molecular formula is C24H36N4O6. The van der Waals surface area contributed by atoms with Crippen molar-refractivity contribution in [3.05, 3.63) is 45.1 Å². The number of hydrogen-bond donors (Lipinski definition) is 2. The number of aliphatic carboxylic acids is 1. The van der Waals surface area contributed by atoms with E-state index in [1.807, 2.05) is 0 Å². The van der Waals surface area contributed by atoms with Crippen molar-refractivity contribution in [2.75, 3.05) is 18.5 Å². The molecule has 0 aliphatic heterocycles. The van der Waals surface area contributed by atoms with E-state index in [0.717, 1.165) is 30.3 Å². The van der Waals surface area contributed by atoms with Crippen LogP contribution in [0.25, 0.3) is 0 Å². The molecule has 1 heterocycles. The molecule has 0 saturated heterocycles. The Morgan fingerprint density at radius 1 is 1.06 bits per heavy atom. The van der Waals surface area contributed by atoms with Gasteiger partial charge in [0, 0.05) is 20.1 Å². The fraction of sp³-hybridized carbons (Fsp3) is 0.583. The van der Waals surface area contributed by atoms with Crippen LogP contribution in [-0.2, 0) is 18.4 Å². The fourth-order valence-electron chi connectivity index (χ4n) is 3.16. The molecule has 0 aliphatic rings. The van der Waals surface area contributed by atoms with Gasteiger partial charge in [-0.15, -0.1) is 5.10 Å². The molecular weight excluding hydrogens is 440 g/mol. The Kier molecular flexibility index (Phi) is 10.2. The molecule has 10 nitrogen and oxygen atoms in total. The Labute approximate surface area is 199 Å². The van der Waals surface area contributed by atoms with Gasteiger partial charge in [0.1, 0.15) is 11.5 Å². The van der Waals surface area contributed by atoms with Crippen molar-refractivity contribution in [2.45, 2.75) is 71.4 Å². The number of aryl methyl sites for hydroxylation is 1. The van der Waals surface area contributed by atoms with Gasteiger partial charge in [-0.3, -0.25) is 9.36 Å². The SMILES string of the molecule is CCCCCCCn1nc(NCCCOc2ccc(OC(C)(C)C(=O)O)cc2)c(=O)n(C)c1=O. The van der Waals surface area contributed by atoms with Crippen LogP contribution in [0.2, 0.25) is 0 Å². The van der Waals surface area contributed by atoms with E-state index in [4.69, 9.17) is 14.6 Å². The molecule has 2 rings (SSSR count). The van der Waals surface area contributed by atoms with Gasteiger partial charge in [-0.2, -0.15) is 0 Å². The van der Waals surface area contributed by atoms with E-state index < -0.39 is 22.8 Å². The molecule has 0 fully saturated rings. The van der Waals surface area contributed by atoms with Gasteiger partial charge in [0.05, 0.1) is 6.61 Å². The Hall–Kier alpha value is -3.30. The predicted octanol–water partition coefficient (Wildman–Crippen LogP) is 3.04. The summed E-state index contributed by atoms with van der Waals surface area (Å²) < 4.78 is 13.6. The second-order valence-corrected chi connectivity index (χ2v) is 8.65. The van der Waals surface area contributed by atoms with Crippen LogP contribution in [0.15, 0.2) is 33.9 Å². The van der Waals surface area contributed by atoms with E-state index in [1.54, 1.807) is 24.3 Å². The van der Waals surface area contributed by atoms with Gasteiger partial charge in [-0.25, -0.2) is 14.3 Å². The average molecular weight is 477 g/mol. The number of carboxylic acid groups (broad SMARTS) is 1. The largest absolute Gasteiger partial charge is 0.494 e. The predicted molar refractivity (Wildman–Crippen MR) is 130 cm³/mol. The monoisotopic (exact) mass is 476 g/mol. The molecule has 0 spiro atoms. The topological polar surface area (TPSA) is 125 Å². The fourth-order valence-corrected chi connectivity index (χ4v) is 3.16. The maximum absolute atomic E-state index is 12.4. The Morgan fingerprint density at radius 3 is 2.35 bits per heavy atom. The van der Waals surface area contributed by atoms with Crippen LogP contribution < -0.4 is 26.0 Å². The first-order valence-corrected chi connectivity index (χ1v) is 11.7. The molecule has 0 aliphatic carbocycles. The highest BCUT2D eigenvalue weighted by Crippen LogP contribution is 2.22. The second kappa shape index (κ2) is 12.8. The summed E-state index contributed by atoms with van der Waals surface area (Å²) in [5.41, 5.74) is -2.18. The van der Waals surface area contributed by atoms with Crippen LogP contribution in [0.1, 0.15) is 59.3 Å². The molecule has 1 aromatic heterocycles. The summed E-state index contributed by atoms with van der Waals surface area (Å²) in [5, 5.41) is 16.4. The van der Waals surface area contributed by atoms with Crippen molar-refractivity contribution in [3.8, 4) is 11.5 Å². The number of unbranched alkanes of at least 4 members (excludes halogenated alkanes) is 4. The zero-order valence-corrected chi connectivity index (χ0v) is 20.5. The first kappa shape index (κ1) is 26.9. The number of nitrogens with one attached hydrogen (secondary N) is 1. The highest BCUT2D eigenvalue weighted by molar-refractivity contribution is 5.76. The van der Waals surface area contributed by atoms with Crippen LogP contribution in [0, 0.1) is 0 Å². The summed E-state index contributed by atoms with van der Waals surface area (Å²) in [6.45, 7) is 6.44. The first-order valence-electron chi connectivity index (χ1n) is 11.7. The molecule has 0 amide bonds. The molecule has 2 aromatic rings. The van der Waals surface area contributed by atoms with Crippen molar-refractivity contribution >= 4 is 11.8 Å². The lowest BCUT2D eigenvalue weighted by Gasteiger charge is -2.21. The number of carbonyl (C=O) groups is 1. The summed E-state index contributed by atoms with van der Waals surface area (Å²) in [6, 6.07) is 6.71. The van der Waals surface area contributed by atoms with E-state index in [-0.39, 0.29) is 5.82 Å². The lowest BCUT2D eigenvalue weighted by Crippen LogP contribution is -2.41. The third-order valence-corrected chi connectivity index (χ3v) is 5.30. The number of rotatable bonds is 15. The van der Waals surface area contributed by atoms with E-state index in [1.165, 1.54) is 32.0 Å². The number of benzene rings is 1. The summed E-state index contributed by atoms with van der Waals surface area (Å²) in [7, 11) is 1.46. The highest BCUT2D eigenvalue weighted by atomic mass is 16.5. The number of hydrogen-bond acceptors (Lipinski definition) is 7. The van der Waals surface area contributed by atoms with E-state index >= 15 is 0 Å². The minimum atomic E-state index is -1.32. The van der Waals surface area contributed by atoms with Gasteiger partial charge >= 0.3 is 11.7 Å². The number of nitrogens with zero attached hydrogens (tertiary/aromatic N) is 3. The molecule has 0 saturated carbocycles. The molecule has 1 aromatic carbocycles. The van der Waals surface area contributed by atoms with Crippen molar-refractivity contribution in [1.82, 2.24) is 14.3 Å². The van der Waals surface area contributed by atoms with Gasteiger partial charge in [-0.05, 0) is 51.0 Å². The summed E-state index contributed by atoms with van der Waals surface area (Å²) in [4.78, 5) is 35.8. The van der Waals surface area contributed by atoms with Crippen molar-refractivity contribution in [3.63, 3.8) is 0 Å². The zero-order valence-electron chi connectivity index (χ0n) is 20.5. The van der Waals surface area contributed by atoms with Crippen LogP contribution in [0.5, 0.6) is 11.5 Å². The molecule has 10 heteroatoms. The van der Waals surface area contributed by atoms with Gasteiger partial charge in [0.15, 0.2) is 5.60 Å². The van der Waals surface area contributed by atoms with Gasteiger partial charge in [0.25, 0.3) is 5.56 Å². The first-order chi connectivity index (χ1) is 16.2. The van der Waals surface area contributed by atoms with Crippen LogP contribution in [0.3, 0.4) is 0 Å². The average Bonchev–Trinajstić information content (AvgIpc) is 2.80. The maximum Gasteiger partial charge on any atom is 0.347 e. The third kappa shape index (κ3) is 7.93. The third-order valence-electron chi connectivity index (χ3n) is 5.30. The summed E-state index contributed by atoms with van der Waals surface area (Å²) in [5.74, 6) is 0.153. The van der Waals surface area contributed by atoms with Gasteiger partial charge in [0.2, 0.25) is 5.82 Å². The smallest absolute Gasteiger partial charge is 0.347 e. The normalized spacial score (nSPS) is 11.3. The number of carboxylic acids is 1. The summed E-state index contributed by atoms with van der Waals surface area (Å²) >= 11 is 0. The van der Waals surface area contributed by atoms with Crippen LogP contribution in [-0.4, -0.2) is 44.2 Å². The molecule has 0 atom stereocenters. The highest BCUT2D eigenvalue weighted by Gasteiger charge is 2.29. The van der Waals surface area contributed by atoms with Crippen molar-refractivity contribution < 1.29 is 19.4 Å². The lowest BCUT2D eigenvalue weighted by molar-refractivity contribution is -0.152. The molecule has 34 heavy (non-hydrogen) atoms. The van der Waals surface area contributed by atoms with Gasteiger partial charge in [-0.1, -0.05) is 32.6 Å². The Balaban J connectivity index is 1.82. The molecule has 0 bridgehead atoms. The van der Waals surface area contributed by atoms with Crippen LogP contribution in [0.4, 0.5) is 5.82 Å². The quantitative estimate of drug-likeness (QED) is 0.376. The Bertz CT molecular complexity index is 1040. The maximum atomic E-state index is 12.4. The van der Waals surface area contributed by atoms with Crippen molar-refractivity contribution in [2.24, 2.45) is 7.05 Å². The lowest BCUT2D eigenvalue weighted by atomic mass is 10.1. The number of aromatic nitrogens is 3. The molecule has 0 unspecified atom stereocenters. The molecule has 2 N–H and O–H groups in total. The van der Waals surface area contributed by atoms with Gasteiger partial charge < -0.3 is 19.9 Å². The van der Waals surface area contributed by atoms with E-state index in [9.17, 15) is 14.4 Å². The minimum Gasteiger partial charge on any atom is -0.494 e. The van der Waals surface area contributed by atoms with Crippen molar-refractivity contribution in [1.29, 1.82) is 0 Å². The van der Waals surface area contributed by atoms with Crippen LogP contribution >= 0.6 is 0 Å². The Morgan fingerprint density at radius 2 is 1.71 bits per heavy atom. The second-order valence-electron chi connectivity index (χ2n) is 8.65. The summed E-state index contributed by atoms with van der Waals surface area (Å²) in [6.07, 6.45) is 5.92. The standard InChI is InChI=1S/C24H36N4O6/c1-5-6-7-8-9-16-28-23(32)27(4)21(29)20(26-28)25-15-10-17-33-18-11-13-19(14-12-18)34-24(2,3)22(30)31/h11-14H,5-10,15-17H2,1-4H3,(H,25,26)(H,30,31). The zero-order chi connectivity index (χ0) is 25.1. The number of anilines is 1. The van der Waals surface area contributed by atoms with E-state index in [0.29, 0.717) is 37.6 Å². The molecule has 0 radical (unpaired) electrons. The van der Waals surface area contributed by atoms with E-state index in [2.05, 4.69) is 17.3 Å².